The Hall–Kier alpha value is -2.04. The van der Waals surface area contributed by atoms with Crippen LogP contribution in [-0.2, 0) is 15.0 Å². The van der Waals surface area contributed by atoms with Gasteiger partial charge in [0.05, 0.1) is 12.5 Å². The highest BCUT2D eigenvalue weighted by atomic mass is 16.5. The van der Waals surface area contributed by atoms with Gasteiger partial charge in [0.25, 0.3) is 0 Å². The first-order valence-corrected chi connectivity index (χ1v) is 7.03. The average molecular weight is 293 g/mol. The molecule has 0 atom stereocenters. The lowest BCUT2D eigenvalue weighted by atomic mass is 9.83. The maximum Gasteiger partial charge on any atom is 0.303 e. The monoisotopic (exact) mass is 293 g/mol. The number of carboxylic acid groups (broad SMARTS) is 1. The van der Waals surface area contributed by atoms with Crippen molar-refractivity contribution in [1.82, 2.24) is 5.32 Å². The van der Waals surface area contributed by atoms with E-state index in [9.17, 15) is 9.59 Å². The number of carbonyl (C=O) groups is 2. The van der Waals surface area contributed by atoms with Crippen LogP contribution in [0.1, 0.15) is 38.7 Å². The van der Waals surface area contributed by atoms with Crippen LogP contribution in [0, 0.1) is 0 Å². The molecule has 5 nitrogen and oxygen atoms in total. The Balaban J connectivity index is 2.61. The van der Waals surface area contributed by atoms with Gasteiger partial charge in [-0.2, -0.15) is 0 Å². The molecule has 2 N–H and O–H groups in total. The van der Waals surface area contributed by atoms with Gasteiger partial charge in [-0.05, 0) is 32.8 Å². The predicted molar refractivity (Wildman–Crippen MR) is 80.5 cm³/mol. The molecule has 0 saturated carbocycles. The third-order valence-corrected chi connectivity index (χ3v) is 3.45. The molecule has 0 radical (unpaired) electrons. The van der Waals surface area contributed by atoms with E-state index in [2.05, 4.69) is 5.32 Å². The minimum absolute atomic E-state index is 0.0951. The van der Waals surface area contributed by atoms with Gasteiger partial charge < -0.3 is 15.2 Å². The van der Waals surface area contributed by atoms with Crippen molar-refractivity contribution in [1.29, 1.82) is 0 Å². The third kappa shape index (κ3) is 4.77. The van der Waals surface area contributed by atoms with Gasteiger partial charge in [0.2, 0.25) is 5.91 Å². The van der Waals surface area contributed by atoms with Gasteiger partial charge in [-0.1, -0.05) is 18.2 Å². The van der Waals surface area contributed by atoms with E-state index in [-0.39, 0.29) is 12.3 Å². The van der Waals surface area contributed by atoms with E-state index in [0.29, 0.717) is 25.1 Å². The van der Waals surface area contributed by atoms with Gasteiger partial charge in [0.15, 0.2) is 0 Å². The molecule has 0 aliphatic carbocycles. The Morgan fingerprint density at radius 3 is 2.52 bits per heavy atom. The zero-order valence-corrected chi connectivity index (χ0v) is 12.8. The fourth-order valence-corrected chi connectivity index (χ4v) is 2.11. The summed E-state index contributed by atoms with van der Waals surface area (Å²) in [5, 5.41) is 11.4. The van der Waals surface area contributed by atoms with E-state index >= 15 is 0 Å². The second-order valence-electron chi connectivity index (χ2n) is 5.43. The number of carbonyl (C=O) groups excluding carboxylic acids is 1. The number of aliphatic carboxylic acids is 1. The van der Waals surface area contributed by atoms with Crippen LogP contribution in [0.15, 0.2) is 24.3 Å². The topological polar surface area (TPSA) is 75.6 Å². The van der Waals surface area contributed by atoms with Crippen molar-refractivity contribution in [2.24, 2.45) is 0 Å². The molecule has 21 heavy (non-hydrogen) atoms. The molecule has 1 aromatic rings. The number of carboxylic acids is 1. The van der Waals surface area contributed by atoms with Crippen LogP contribution in [-0.4, -0.2) is 30.6 Å². The van der Waals surface area contributed by atoms with E-state index in [0.717, 1.165) is 5.56 Å². The van der Waals surface area contributed by atoms with Crippen LogP contribution >= 0.6 is 0 Å². The normalized spacial score (nSPS) is 11.0. The summed E-state index contributed by atoms with van der Waals surface area (Å²) in [4.78, 5) is 22.8. The van der Waals surface area contributed by atoms with Gasteiger partial charge in [-0.3, -0.25) is 9.59 Å². The summed E-state index contributed by atoms with van der Waals surface area (Å²) in [6.45, 7) is 4.17. The number of hydrogen-bond acceptors (Lipinski definition) is 3. The zero-order chi connectivity index (χ0) is 15.9. The summed E-state index contributed by atoms with van der Waals surface area (Å²) >= 11 is 0. The second kappa shape index (κ2) is 7.67. The fraction of sp³-hybridized carbons (Fsp3) is 0.500. The molecule has 0 aliphatic heterocycles. The van der Waals surface area contributed by atoms with Crippen molar-refractivity contribution < 1.29 is 19.4 Å². The fourth-order valence-electron chi connectivity index (χ4n) is 2.11. The number of nitrogens with one attached hydrogen (secondary N) is 1. The molecule has 0 bridgehead atoms. The molecule has 1 amide bonds. The van der Waals surface area contributed by atoms with E-state index in [1.54, 1.807) is 7.11 Å². The van der Waals surface area contributed by atoms with E-state index in [1.165, 1.54) is 0 Å². The van der Waals surface area contributed by atoms with Crippen molar-refractivity contribution >= 4 is 11.9 Å². The number of amides is 1. The largest absolute Gasteiger partial charge is 0.496 e. The maximum atomic E-state index is 12.3. The first-order valence-electron chi connectivity index (χ1n) is 7.03. The summed E-state index contributed by atoms with van der Waals surface area (Å²) in [5.41, 5.74) is 0.120. The molecule has 0 aromatic heterocycles. The number of benzene rings is 1. The molecule has 1 rings (SSSR count). The van der Waals surface area contributed by atoms with E-state index in [4.69, 9.17) is 9.84 Å². The zero-order valence-electron chi connectivity index (χ0n) is 12.8. The summed E-state index contributed by atoms with van der Waals surface area (Å²) in [7, 11) is 1.58. The SMILES string of the molecule is COc1ccccc1C(C)(C)C(=O)NCCCCC(=O)O. The number of rotatable bonds is 8. The van der Waals surface area contributed by atoms with Gasteiger partial charge in [0, 0.05) is 18.5 Å². The van der Waals surface area contributed by atoms with Crippen molar-refractivity contribution in [2.45, 2.75) is 38.5 Å². The molecule has 1 aromatic carbocycles. The van der Waals surface area contributed by atoms with Gasteiger partial charge >= 0.3 is 5.97 Å². The lowest BCUT2D eigenvalue weighted by molar-refractivity contribution is -0.137. The standard InChI is InChI=1S/C16H23NO4/c1-16(2,12-8-4-5-9-13(12)21-3)15(20)17-11-7-6-10-14(18)19/h4-5,8-9H,6-7,10-11H2,1-3H3,(H,17,20)(H,18,19). The molecule has 5 heteroatoms. The first-order chi connectivity index (χ1) is 9.89. The van der Waals surface area contributed by atoms with Gasteiger partial charge in [-0.25, -0.2) is 0 Å². The highest BCUT2D eigenvalue weighted by molar-refractivity contribution is 5.88. The van der Waals surface area contributed by atoms with Gasteiger partial charge in [0.1, 0.15) is 5.75 Å². The van der Waals surface area contributed by atoms with Crippen LogP contribution in [0.3, 0.4) is 0 Å². The van der Waals surface area contributed by atoms with E-state index < -0.39 is 11.4 Å². The first kappa shape index (κ1) is 17.0. The Labute approximate surface area is 125 Å². The van der Waals surface area contributed by atoms with Crippen molar-refractivity contribution in [3.05, 3.63) is 29.8 Å². The summed E-state index contributed by atoms with van der Waals surface area (Å²) in [5.74, 6) is -0.221. The second-order valence-corrected chi connectivity index (χ2v) is 5.43. The average Bonchev–Trinajstić information content (AvgIpc) is 2.46. The Morgan fingerprint density at radius 1 is 1.24 bits per heavy atom. The maximum absolute atomic E-state index is 12.3. The molecule has 116 valence electrons. The molecule has 0 unspecified atom stereocenters. The number of unbranched alkanes of at least 4 members (excludes halogenated alkanes) is 1. The molecular weight excluding hydrogens is 270 g/mol. The molecule has 0 aliphatic rings. The van der Waals surface area contributed by atoms with E-state index in [1.807, 2.05) is 38.1 Å². The highest BCUT2D eigenvalue weighted by Gasteiger charge is 2.32. The van der Waals surface area contributed by atoms with Crippen LogP contribution < -0.4 is 10.1 Å². The molecule has 0 saturated heterocycles. The van der Waals surface area contributed by atoms with Crippen molar-refractivity contribution in [3.8, 4) is 5.75 Å². The molecule has 0 spiro atoms. The smallest absolute Gasteiger partial charge is 0.303 e. The van der Waals surface area contributed by atoms with Crippen molar-refractivity contribution in [3.63, 3.8) is 0 Å². The quantitative estimate of drug-likeness (QED) is 0.721. The lowest BCUT2D eigenvalue weighted by Gasteiger charge is -2.26. The molecule has 0 heterocycles. The predicted octanol–water partition coefficient (Wildman–Crippen LogP) is 2.34. The lowest BCUT2D eigenvalue weighted by Crippen LogP contribution is -2.40. The minimum Gasteiger partial charge on any atom is -0.496 e. The number of ether oxygens (including phenoxy) is 1. The number of hydrogen-bond donors (Lipinski definition) is 2. The highest BCUT2D eigenvalue weighted by Crippen LogP contribution is 2.31. The van der Waals surface area contributed by atoms with Crippen LogP contribution in [0.2, 0.25) is 0 Å². The van der Waals surface area contributed by atoms with Crippen LogP contribution in [0.5, 0.6) is 5.75 Å². The Kier molecular flexibility index (Phi) is 6.21. The minimum atomic E-state index is -0.810. The van der Waals surface area contributed by atoms with Crippen molar-refractivity contribution in [2.75, 3.05) is 13.7 Å². The Bertz CT molecular complexity index is 497. The van der Waals surface area contributed by atoms with Gasteiger partial charge in [-0.15, -0.1) is 0 Å². The number of methoxy groups -OCH3 is 1. The number of para-hydroxylation sites is 1. The summed E-state index contributed by atoms with van der Waals surface area (Å²) in [6, 6.07) is 7.45. The summed E-state index contributed by atoms with van der Waals surface area (Å²) in [6.07, 6.45) is 1.34. The summed E-state index contributed by atoms with van der Waals surface area (Å²) < 4.78 is 5.31. The molecule has 0 fully saturated rings. The third-order valence-electron chi connectivity index (χ3n) is 3.45. The molecular formula is C16H23NO4. The van der Waals surface area contributed by atoms with Crippen LogP contribution in [0.4, 0.5) is 0 Å². The Morgan fingerprint density at radius 2 is 1.90 bits per heavy atom. The van der Waals surface area contributed by atoms with Crippen LogP contribution in [0.25, 0.3) is 0 Å².